The van der Waals surface area contributed by atoms with Crippen LogP contribution in [0.3, 0.4) is 0 Å². The third kappa shape index (κ3) is 4.85. The molecule has 1 N–H and O–H groups in total. The van der Waals surface area contributed by atoms with Gasteiger partial charge in [-0.05, 0) is 19.4 Å². The van der Waals surface area contributed by atoms with Crippen molar-refractivity contribution in [3.8, 4) is 5.75 Å². The van der Waals surface area contributed by atoms with Crippen molar-refractivity contribution in [1.82, 2.24) is 5.32 Å². The Morgan fingerprint density at radius 3 is 2.80 bits per heavy atom. The number of para-hydroxylation sites is 2. The fourth-order valence-corrected chi connectivity index (χ4v) is 1.52. The number of nitrogens with zero attached hydrogens (tertiary/aromatic N) is 1. The van der Waals surface area contributed by atoms with Gasteiger partial charge < -0.3 is 14.8 Å². The molecule has 0 saturated carbocycles. The van der Waals surface area contributed by atoms with Crippen LogP contribution >= 0.6 is 0 Å². The van der Waals surface area contributed by atoms with Gasteiger partial charge in [0.05, 0.1) is 4.92 Å². The standard InChI is InChI=1S/C13H18N2O5/c1-10(13(16)14-8-5-9-19-2)20-12-7-4-3-6-11(12)15(17)18/h3-4,6-7,10H,5,8-9H2,1-2H3,(H,14,16). The minimum Gasteiger partial charge on any atom is -0.474 e. The highest BCUT2D eigenvalue weighted by molar-refractivity contribution is 5.80. The second-order valence-electron chi connectivity index (χ2n) is 4.12. The van der Waals surface area contributed by atoms with Crippen LogP contribution in [0.15, 0.2) is 24.3 Å². The van der Waals surface area contributed by atoms with Crippen molar-refractivity contribution < 1.29 is 19.2 Å². The van der Waals surface area contributed by atoms with Crippen molar-refractivity contribution in [3.05, 3.63) is 34.4 Å². The molecule has 7 heteroatoms. The first-order chi connectivity index (χ1) is 9.56. The van der Waals surface area contributed by atoms with E-state index in [1.807, 2.05) is 0 Å². The molecule has 110 valence electrons. The molecule has 0 aliphatic rings. The van der Waals surface area contributed by atoms with Gasteiger partial charge in [0, 0.05) is 26.3 Å². The van der Waals surface area contributed by atoms with E-state index in [9.17, 15) is 14.9 Å². The molecule has 0 fully saturated rings. The highest BCUT2D eigenvalue weighted by atomic mass is 16.6. The van der Waals surface area contributed by atoms with Crippen LogP contribution in [0.4, 0.5) is 5.69 Å². The van der Waals surface area contributed by atoms with Crippen LogP contribution in [0, 0.1) is 10.1 Å². The van der Waals surface area contributed by atoms with Crippen molar-refractivity contribution in [2.75, 3.05) is 20.3 Å². The Hall–Kier alpha value is -2.15. The van der Waals surface area contributed by atoms with Crippen molar-refractivity contribution in [3.63, 3.8) is 0 Å². The van der Waals surface area contributed by atoms with Crippen LogP contribution in [-0.2, 0) is 9.53 Å². The van der Waals surface area contributed by atoms with Gasteiger partial charge in [0.15, 0.2) is 11.9 Å². The number of hydrogen-bond acceptors (Lipinski definition) is 5. The van der Waals surface area contributed by atoms with Crippen molar-refractivity contribution in [1.29, 1.82) is 0 Å². The summed E-state index contributed by atoms with van der Waals surface area (Å²) in [6.07, 6.45) is -0.112. The lowest BCUT2D eigenvalue weighted by molar-refractivity contribution is -0.386. The van der Waals surface area contributed by atoms with Gasteiger partial charge in [0.25, 0.3) is 5.91 Å². The van der Waals surface area contributed by atoms with E-state index < -0.39 is 11.0 Å². The SMILES string of the molecule is COCCCNC(=O)C(C)Oc1ccccc1[N+](=O)[O-]. The largest absolute Gasteiger partial charge is 0.474 e. The number of rotatable bonds is 8. The highest BCUT2D eigenvalue weighted by Gasteiger charge is 2.20. The Kier molecular flexibility index (Phi) is 6.45. The molecule has 1 aromatic rings. The number of methoxy groups -OCH3 is 1. The number of ether oxygens (including phenoxy) is 2. The Morgan fingerprint density at radius 2 is 2.15 bits per heavy atom. The summed E-state index contributed by atoms with van der Waals surface area (Å²) in [6.45, 7) is 2.57. The van der Waals surface area contributed by atoms with Crippen LogP contribution in [-0.4, -0.2) is 37.2 Å². The first-order valence-corrected chi connectivity index (χ1v) is 6.23. The Labute approximate surface area is 117 Å². The molecule has 1 unspecified atom stereocenters. The van der Waals surface area contributed by atoms with E-state index in [0.717, 1.165) is 0 Å². The molecule has 0 aliphatic heterocycles. The average molecular weight is 282 g/mol. The Bertz CT molecular complexity index is 464. The lowest BCUT2D eigenvalue weighted by Gasteiger charge is -2.14. The lowest BCUT2D eigenvalue weighted by atomic mass is 10.3. The normalized spacial score (nSPS) is 11.7. The number of nitro groups is 1. The maximum absolute atomic E-state index is 11.7. The van der Waals surface area contributed by atoms with Gasteiger partial charge in [0.2, 0.25) is 0 Å². The van der Waals surface area contributed by atoms with Crippen molar-refractivity contribution >= 4 is 11.6 Å². The van der Waals surface area contributed by atoms with E-state index in [-0.39, 0.29) is 17.3 Å². The van der Waals surface area contributed by atoms with Gasteiger partial charge >= 0.3 is 5.69 Å². The molecule has 0 aliphatic carbocycles. The molecular weight excluding hydrogens is 264 g/mol. The summed E-state index contributed by atoms with van der Waals surface area (Å²) in [5, 5.41) is 13.5. The maximum Gasteiger partial charge on any atom is 0.310 e. The van der Waals surface area contributed by atoms with Crippen LogP contribution in [0.25, 0.3) is 0 Å². The third-order valence-electron chi connectivity index (χ3n) is 2.56. The smallest absolute Gasteiger partial charge is 0.310 e. The minimum atomic E-state index is -0.807. The number of amides is 1. The summed E-state index contributed by atoms with van der Waals surface area (Å²) in [4.78, 5) is 22.0. The van der Waals surface area contributed by atoms with Crippen molar-refractivity contribution in [2.45, 2.75) is 19.4 Å². The average Bonchev–Trinajstić information content (AvgIpc) is 2.43. The fraction of sp³-hybridized carbons (Fsp3) is 0.462. The molecule has 1 amide bonds. The van der Waals surface area contributed by atoms with Gasteiger partial charge in [-0.2, -0.15) is 0 Å². The first kappa shape index (κ1) is 15.9. The number of carbonyl (C=O) groups excluding carboxylic acids is 1. The number of nitrogens with one attached hydrogen (secondary N) is 1. The van der Waals surface area contributed by atoms with Gasteiger partial charge in [-0.15, -0.1) is 0 Å². The molecular formula is C13H18N2O5. The van der Waals surface area contributed by atoms with Crippen LogP contribution < -0.4 is 10.1 Å². The summed E-state index contributed by atoms with van der Waals surface area (Å²) in [5.74, 6) is -0.240. The molecule has 1 atom stereocenters. The van der Waals surface area contributed by atoms with Gasteiger partial charge in [0.1, 0.15) is 0 Å². The number of nitro benzene ring substituents is 1. The summed E-state index contributed by atoms with van der Waals surface area (Å²) in [7, 11) is 1.59. The first-order valence-electron chi connectivity index (χ1n) is 6.23. The number of benzene rings is 1. The summed E-state index contributed by atoms with van der Waals surface area (Å²) in [5.41, 5.74) is -0.161. The summed E-state index contributed by atoms with van der Waals surface area (Å²) in [6, 6.07) is 5.96. The minimum absolute atomic E-state index is 0.0806. The number of carbonyl (C=O) groups is 1. The predicted octanol–water partition coefficient (Wildman–Crippen LogP) is 1.51. The molecule has 0 radical (unpaired) electrons. The number of hydrogen-bond donors (Lipinski definition) is 1. The highest BCUT2D eigenvalue weighted by Crippen LogP contribution is 2.26. The lowest BCUT2D eigenvalue weighted by Crippen LogP contribution is -2.37. The van der Waals surface area contributed by atoms with E-state index in [2.05, 4.69) is 5.32 Å². The topological polar surface area (TPSA) is 90.7 Å². The molecule has 0 bridgehead atoms. The quantitative estimate of drug-likeness (QED) is 0.443. The molecule has 0 aromatic heterocycles. The predicted molar refractivity (Wildman–Crippen MR) is 72.7 cm³/mol. The zero-order valence-electron chi connectivity index (χ0n) is 11.5. The zero-order chi connectivity index (χ0) is 15.0. The molecule has 1 aromatic carbocycles. The second kappa shape index (κ2) is 8.11. The Morgan fingerprint density at radius 1 is 1.45 bits per heavy atom. The van der Waals surface area contributed by atoms with E-state index in [4.69, 9.17) is 9.47 Å². The molecule has 0 spiro atoms. The maximum atomic E-state index is 11.7. The van der Waals surface area contributed by atoms with E-state index in [1.165, 1.54) is 12.1 Å². The molecule has 0 heterocycles. The van der Waals surface area contributed by atoms with Gasteiger partial charge in [-0.25, -0.2) is 0 Å². The molecule has 1 rings (SSSR count). The van der Waals surface area contributed by atoms with Gasteiger partial charge in [-0.3, -0.25) is 14.9 Å². The Balaban J connectivity index is 2.55. The van der Waals surface area contributed by atoms with E-state index in [1.54, 1.807) is 26.2 Å². The van der Waals surface area contributed by atoms with Gasteiger partial charge in [-0.1, -0.05) is 12.1 Å². The van der Waals surface area contributed by atoms with E-state index >= 15 is 0 Å². The zero-order valence-corrected chi connectivity index (χ0v) is 11.5. The van der Waals surface area contributed by atoms with Crippen LogP contribution in [0.5, 0.6) is 5.75 Å². The molecule has 20 heavy (non-hydrogen) atoms. The summed E-state index contributed by atoms with van der Waals surface area (Å²) >= 11 is 0. The van der Waals surface area contributed by atoms with Crippen LogP contribution in [0.2, 0.25) is 0 Å². The summed E-state index contributed by atoms with van der Waals surface area (Å²) < 4.78 is 10.2. The second-order valence-corrected chi connectivity index (χ2v) is 4.12. The van der Waals surface area contributed by atoms with E-state index in [0.29, 0.717) is 19.6 Å². The molecule has 0 saturated heterocycles. The third-order valence-corrected chi connectivity index (χ3v) is 2.56. The molecule has 7 nitrogen and oxygen atoms in total. The fourth-order valence-electron chi connectivity index (χ4n) is 1.52. The van der Waals surface area contributed by atoms with Crippen LogP contribution in [0.1, 0.15) is 13.3 Å². The monoisotopic (exact) mass is 282 g/mol. The van der Waals surface area contributed by atoms with Crippen molar-refractivity contribution in [2.24, 2.45) is 0 Å².